The Bertz CT molecular complexity index is 688. The van der Waals surface area contributed by atoms with Crippen molar-refractivity contribution in [2.75, 3.05) is 24.7 Å². The first-order valence-electron chi connectivity index (χ1n) is 7.28. The monoisotopic (exact) mass is 333 g/mol. The number of H-pyrrole nitrogens is 1. The number of β-amino-alcohol motifs (C(OH)–C–C–N with tert-alkyl or cyclic N) is 1. The molecule has 122 valence electrons. The van der Waals surface area contributed by atoms with E-state index in [4.69, 9.17) is 10.8 Å². The van der Waals surface area contributed by atoms with Gasteiger partial charge in [0.2, 0.25) is 0 Å². The van der Waals surface area contributed by atoms with Crippen molar-refractivity contribution < 1.29 is 10.2 Å². The van der Waals surface area contributed by atoms with E-state index in [2.05, 4.69) is 27.1 Å². The number of anilines is 1. The highest BCUT2D eigenvalue weighted by Gasteiger charge is 2.25. The van der Waals surface area contributed by atoms with Crippen LogP contribution in [0.4, 0.5) is 5.82 Å². The number of rotatable bonds is 6. The summed E-state index contributed by atoms with van der Waals surface area (Å²) in [5.74, 6) is 1.87. The zero-order valence-electron chi connectivity index (χ0n) is 12.5. The van der Waals surface area contributed by atoms with Gasteiger partial charge in [0.15, 0.2) is 11.0 Å². The number of fused-ring (bicyclic) bond motifs is 1. The molecular weight excluding hydrogens is 314 g/mol. The molecule has 0 fully saturated rings. The van der Waals surface area contributed by atoms with Crippen molar-refractivity contribution in [1.29, 1.82) is 0 Å². The Morgan fingerprint density at radius 3 is 2.87 bits per heavy atom. The van der Waals surface area contributed by atoms with Gasteiger partial charge < -0.3 is 25.8 Å². The number of aliphatic imine (C=N–C) groups is 1. The number of hydrogen-bond acceptors (Lipinski definition) is 7. The highest BCUT2D eigenvalue weighted by atomic mass is 32.2. The third-order valence-corrected chi connectivity index (χ3v) is 4.44. The summed E-state index contributed by atoms with van der Waals surface area (Å²) in [5.41, 5.74) is 7.80. The molecule has 5 N–H and O–H groups in total. The molecular formula is C15H19N5O2S. The predicted octanol–water partition coefficient (Wildman–Crippen LogP) is 0.538. The van der Waals surface area contributed by atoms with Gasteiger partial charge in [-0.25, -0.2) is 9.98 Å². The van der Waals surface area contributed by atoms with Crippen LogP contribution in [0.3, 0.4) is 0 Å². The van der Waals surface area contributed by atoms with Crippen LogP contribution < -0.4 is 10.6 Å². The molecule has 1 aliphatic heterocycles. The first-order chi connectivity index (χ1) is 11.2. The molecule has 3 rings (SSSR count). The number of aromatic nitrogens is 2. The summed E-state index contributed by atoms with van der Waals surface area (Å²) in [4.78, 5) is 13.8. The smallest absolute Gasteiger partial charge is 0.168 e. The number of nitrogens with zero attached hydrogens (tertiary/aromatic N) is 3. The summed E-state index contributed by atoms with van der Waals surface area (Å²) < 4.78 is 0. The summed E-state index contributed by atoms with van der Waals surface area (Å²) in [6.45, 7) is 0.280. The van der Waals surface area contributed by atoms with Gasteiger partial charge in [-0.05, 0) is 5.56 Å². The van der Waals surface area contributed by atoms with Crippen LogP contribution in [0.1, 0.15) is 11.3 Å². The fourth-order valence-corrected chi connectivity index (χ4v) is 3.13. The van der Waals surface area contributed by atoms with Gasteiger partial charge in [0.25, 0.3) is 0 Å². The van der Waals surface area contributed by atoms with Gasteiger partial charge in [0.05, 0.1) is 12.7 Å². The average Bonchev–Trinajstić information content (AvgIpc) is 3.02. The Kier molecular flexibility index (Phi) is 4.85. The Morgan fingerprint density at radius 2 is 2.13 bits per heavy atom. The van der Waals surface area contributed by atoms with Gasteiger partial charge in [-0.3, -0.25) is 0 Å². The van der Waals surface area contributed by atoms with Crippen molar-refractivity contribution in [3.05, 3.63) is 41.6 Å². The van der Waals surface area contributed by atoms with E-state index in [0.717, 1.165) is 10.9 Å². The number of aliphatic hydroxyl groups excluding tert-OH is 2. The van der Waals surface area contributed by atoms with Crippen LogP contribution in [0.5, 0.6) is 0 Å². The predicted molar refractivity (Wildman–Crippen MR) is 90.6 cm³/mol. The lowest BCUT2D eigenvalue weighted by Gasteiger charge is -2.26. The second-order valence-corrected chi connectivity index (χ2v) is 6.22. The second-order valence-electron chi connectivity index (χ2n) is 5.26. The number of aromatic amines is 1. The van der Waals surface area contributed by atoms with E-state index in [1.54, 1.807) is 16.7 Å². The molecule has 23 heavy (non-hydrogen) atoms. The number of benzene rings is 1. The van der Waals surface area contributed by atoms with Crippen molar-refractivity contribution in [3.8, 4) is 0 Å². The van der Waals surface area contributed by atoms with Crippen molar-refractivity contribution in [2.24, 2.45) is 10.7 Å². The maximum Gasteiger partial charge on any atom is 0.168 e. The lowest BCUT2D eigenvalue weighted by atomic mass is 10.2. The third kappa shape index (κ3) is 3.66. The molecule has 0 aliphatic carbocycles. The maximum atomic E-state index is 9.65. The fraction of sp³-hybridized carbons (Fsp3) is 0.333. The van der Waals surface area contributed by atoms with Gasteiger partial charge in [0, 0.05) is 12.3 Å². The number of amidine groups is 1. The van der Waals surface area contributed by atoms with Crippen molar-refractivity contribution in [3.63, 3.8) is 0 Å². The molecule has 0 amide bonds. The van der Waals surface area contributed by atoms with Crippen LogP contribution in [-0.4, -0.2) is 51.9 Å². The van der Waals surface area contributed by atoms with E-state index >= 15 is 0 Å². The quantitative estimate of drug-likeness (QED) is 0.574. The second kappa shape index (κ2) is 7.03. The van der Waals surface area contributed by atoms with E-state index in [0.29, 0.717) is 24.0 Å². The van der Waals surface area contributed by atoms with E-state index in [-0.39, 0.29) is 13.2 Å². The summed E-state index contributed by atoms with van der Waals surface area (Å²) in [7, 11) is 0. The summed E-state index contributed by atoms with van der Waals surface area (Å²) in [6.07, 6.45) is -0.838. The van der Waals surface area contributed by atoms with Crippen LogP contribution >= 0.6 is 11.8 Å². The van der Waals surface area contributed by atoms with Crippen LogP contribution in [0.15, 0.2) is 40.5 Å². The maximum absolute atomic E-state index is 9.65. The molecule has 0 bridgehead atoms. The van der Waals surface area contributed by atoms with E-state index in [1.807, 2.05) is 18.2 Å². The number of nitrogens with two attached hydrogens (primary N) is 1. The molecule has 0 saturated carbocycles. The number of nitrogens with one attached hydrogen (secondary N) is 1. The van der Waals surface area contributed by atoms with Crippen molar-refractivity contribution in [2.45, 2.75) is 17.0 Å². The lowest BCUT2D eigenvalue weighted by molar-refractivity contribution is 0.0998. The summed E-state index contributed by atoms with van der Waals surface area (Å²) >= 11 is 1.58. The average molecular weight is 333 g/mol. The molecule has 0 spiro atoms. The Hall–Kier alpha value is -2.03. The standard InChI is InChI=1S/C15H19N5O2S/c16-13-12-14(20(9-17-13)6-11(22)7-21)19-15(18-12)23-8-10-4-2-1-3-5-10/h1-5,11,21-22H,6-9H2,(H2,16,17)(H,18,19)/t11-/m0/s1. The van der Waals surface area contributed by atoms with Crippen LogP contribution in [0, 0.1) is 0 Å². The Morgan fingerprint density at radius 1 is 1.35 bits per heavy atom. The molecule has 2 aromatic rings. The molecule has 0 saturated heterocycles. The van der Waals surface area contributed by atoms with Crippen LogP contribution in [0.25, 0.3) is 0 Å². The van der Waals surface area contributed by atoms with Crippen LogP contribution in [0.2, 0.25) is 0 Å². The molecule has 0 radical (unpaired) electrons. The highest BCUT2D eigenvalue weighted by molar-refractivity contribution is 7.98. The van der Waals surface area contributed by atoms with Crippen molar-refractivity contribution >= 4 is 23.4 Å². The SMILES string of the molecule is NC1=NCN(C[C@H](O)CO)c2nc(SCc3ccccc3)[nH]c21. The first kappa shape index (κ1) is 15.9. The van der Waals surface area contributed by atoms with Gasteiger partial charge in [0.1, 0.15) is 18.2 Å². The van der Waals surface area contributed by atoms with Gasteiger partial charge in [-0.1, -0.05) is 42.1 Å². The van der Waals surface area contributed by atoms with E-state index < -0.39 is 6.10 Å². The minimum absolute atomic E-state index is 0.258. The largest absolute Gasteiger partial charge is 0.394 e. The summed E-state index contributed by atoms with van der Waals surface area (Å²) in [5, 5.41) is 19.4. The normalized spacial score (nSPS) is 15.2. The van der Waals surface area contributed by atoms with E-state index in [9.17, 15) is 5.11 Å². The molecule has 1 atom stereocenters. The zero-order valence-corrected chi connectivity index (χ0v) is 13.3. The third-order valence-electron chi connectivity index (χ3n) is 3.49. The van der Waals surface area contributed by atoms with Crippen LogP contribution in [-0.2, 0) is 5.75 Å². The van der Waals surface area contributed by atoms with Gasteiger partial charge >= 0.3 is 0 Å². The minimum atomic E-state index is -0.838. The van der Waals surface area contributed by atoms with Crippen molar-refractivity contribution in [1.82, 2.24) is 9.97 Å². The number of thioether (sulfide) groups is 1. The zero-order chi connectivity index (χ0) is 16.2. The molecule has 0 unspecified atom stereocenters. The Labute approximate surface area is 138 Å². The molecule has 2 heterocycles. The molecule has 1 aliphatic rings. The first-order valence-corrected chi connectivity index (χ1v) is 8.27. The molecule has 1 aromatic heterocycles. The van der Waals surface area contributed by atoms with E-state index in [1.165, 1.54) is 5.56 Å². The number of imidazole rings is 1. The lowest BCUT2D eigenvalue weighted by Crippen LogP contribution is -2.39. The highest BCUT2D eigenvalue weighted by Crippen LogP contribution is 2.28. The summed E-state index contributed by atoms with van der Waals surface area (Å²) in [6, 6.07) is 10.1. The molecule has 7 nitrogen and oxygen atoms in total. The fourth-order valence-electron chi connectivity index (χ4n) is 2.31. The number of hydrogen-bond donors (Lipinski definition) is 4. The molecule has 8 heteroatoms. The minimum Gasteiger partial charge on any atom is -0.394 e. The van der Waals surface area contributed by atoms with Gasteiger partial charge in [-0.2, -0.15) is 0 Å². The van der Waals surface area contributed by atoms with Gasteiger partial charge in [-0.15, -0.1) is 0 Å². The topological polar surface area (TPSA) is 111 Å². The number of aliphatic hydroxyl groups is 2. The molecule has 1 aromatic carbocycles. The Balaban J connectivity index is 1.75.